The third-order valence-corrected chi connectivity index (χ3v) is 5.60. The molecule has 4 heterocycles. The summed E-state index contributed by atoms with van der Waals surface area (Å²) >= 11 is 0. The number of amides is 3. The summed E-state index contributed by atoms with van der Waals surface area (Å²) in [6.45, 7) is 4.30. The molecule has 0 radical (unpaired) electrons. The van der Waals surface area contributed by atoms with Crippen LogP contribution in [0.2, 0.25) is 0 Å². The van der Waals surface area contributed by atoms with Crippen LogP contribution in [0.1, 0.15) is 29.5 Å². The van der Waals surface area contributed by atoms with Crippen LogP contribution in [-0.2, 0) is 16.6 Å². The zero-order valence-corrected chi connectivity index (χ0v) is 16.1. The van der Waals surface area contributed by atoms with Crippen molar-refractivity contribution in [2.24, 2.45) is 7.05 Å². The van der Waals surface area contributed by atoms with Crippen LogP contribution in [0.15, 0.2) is 23.1 Å². The first kappa shape index (κ1) is 18.2. The van der Waals surface area contributed by atoms with Gasteiger partial charge in [0.15, 0.2) is 0 Å². The predicted octanol–water partition coefficient (Wildman–Crippen LogP) is 0.197. The van der Waals surface area contributed by atoms with Crippen molar-refractivity contribution >= 4 is 23.4 Å². The minimum absolute atomic E-state index is 0.0153. The number of piperazine rings is 1. The van der Waals surface area contributed by atoms with E-state index in [9.17, 15) is 14.4 Å². The number of carbonyl (C=O) groups is 3. The Labute approximate surface area is 161 Å². The van der Waals surface area contributed by atoms with E-state index in [1.165, 1.54) is 13.1 Å². The first-order valence-corrected chi connectivity index (χ1v) is 9.08. The van der Waals surface area contributed by atoms with Gasteiger partial charge in [0.25, 0.3) is 5.91 Å². The van der Waals surface area contributed by atoms with Crippen LogP contribution in [-0.4, -0.2) is 74.2 Å². The molecular weight excluding hydrogens is 364 g/mol. The molecule has 2 saturated heterocycles. The third kappa shape index (κ3) is 2.85. The Kier molecular flexibility index (Phi) is 4.20. The first-order chi connectivity index (χ1) is 13.3. The number of carbonyl (C=O) groups excluding carboxylic acids is 3. The molecule has 1 spiro atoms. The van der Waals surface area contributed by atoms with E-state index in [1.54, 1.807) is 45.7 Å². The van der Waals surface area contributed by atoms with E-state index >= 15 is 0 Å². The van der Waals surface area contributed by atoms with E-state index in [2.05, 4.69) is 10.3 Å². The highest BCUT2D eigenvalue weighted by atomic mass is 16.5. The minimum Gasteiger partial charge on any atom is -0.361 e. The van der Waals surface area contributed by atoms with Gasteiger partial charge in [-0.05, 0) is 13.3 Å². The number of likely N-dealkylation sites (tertiary alicyclic amines) is 1. The Morgan fingerprint density at radius 3 is 2.64 bits per heavy atom. The lowest BCUT2D eigenvalue weighted by Crippen LogP contribution is -2.67. The highest BCUT2D eigenvalue weighted by molar-refractivity contribution is 5.99. The molecule has 10 heteroatoms. The van der Waals surface area contributed by atoms with E-state index in [0.717, 1.165) is 0 Å². The average Bonchev–Trinajstić information content (AvgIpc) is 3.37. The molecule has 2 fully saturated rings. The van der Waals surface area contributed by atoms with Crippen LogP contribution < -0.4 is 4.90 Å². The Hall–Kier alpha value is -3.17. The summed E-state index contributed by atoms with van der Waals surface area (Å²) in [5.41, 5.74) is 0.480. The maximum absolute atomic E-state index is 12.9. The van der Waals surface area contributed by atoms with E-state index in [-0.39, 0.29) is 24.3 Å². The lowest BCUT2D eigenvalue weighted by Gasteiger charge is -2.47. The summed E-state index contributed by atoms with van der Waals surface area (Å²) in [6.07, 6.45) is 5.41. The fourth-order valence-corrected chi connectivity index (χ4v) is 4.14. The minimum atomic E-state index is -0.629. The molecule has 0 saturated carbocycles. The van der Waals surface area contributed by atoms with E-state index in [0.29, 0.717) is 43.1 Å². The molecule has 2 aromatic heterocycles. The number of aryl methyl sites for hydroxylation is 2. The van der Waals surface area contributed by atoms with E-state index < -0.39 is 5.54 Å². The maximum atomic E-state index is 12.9. The number of hydrogen-bond donors (Lipinski definition) is 0. The first-order valence-electron chi connectivity index (χ1n) is 9.08. The number of aromatic nitrogens is 3. The van der Waals surface area contributed by atoms with E-state index in [4.69, 9.17) is 4.52 Å². The van der Waals surface area contributed by atoms with Gasteiger partial charge in [0.1, 0.15) is 17.9 Å². The number of hydrogen-bond acceptors (Lipinski definition) is 6. The summed E-state index contributed by atoms with van der Waals surface area (Å²) < 4.78 is 6.64. The molecule has 4 rings (SSSR count). The van der Waals surface area contributed by atoms with Crippen LogP contribution in [0.4, 0.5) is 5.69 Å². The second kappa shape index (κ2) is 6.47. The van der Waals surface area contributed by atoms with Gasteiger partial charge in [0.05, 0.1) is 30.2 Å². The van der Waals surface area contributed by atoms with Crippen LogP contribution in [0.3, 0.4) is 0 Å². The lowest BCUT2D eigenvalue weighted by molar-refractivity contribution is -0.142. The Morgan fingerprint density at radius 1 is 1.25 bits per heavy atom. The monoisotopic (exact) mass is 386 g/mol. The van der Waals surface area contributed by atoms with Crippen molar-refractivity contribution in [1.29, 1.82) is 0 Å². The number of anilines is 1. The van der Waals surface area contributed by atoms with Gasteiger partial charge in [-0.2, -0.15) is 5.10 Å². The van der Waals surface area contributed by atoms with Crippen molar-refractivity contribution in [3.8, 4) is 0 Å². The highest BCUT2D eigenvalue weighted by Gasteiger charge is 2.51. The smallest absolute Gasteiger partial charge is 0.259 e. The topological polar surface area (TPSA) is 105 Å². The van der Waals surface area contributed by atoms with E-state index in [1.807, 2.05) is 0 Å². The van der Waals surface area contributed by atoms with Crippen molar-refractivity contribution in [2.75, 3.05) is 31.1 Å². The van der Waals surface area contributed by atoms with Crippen LogP contribution in [0, 0.1) is 6.92 Å². The van der Waals surface area contributed by atoms with Gasteiger partial charge >= 0.3 is 0 Å². The molecule has 0 bridgehead atoms. The molecule has 0 aromatic carbocycles. The molecule has 2 aliphatic heterocycles. The second-order valence-corrected chi connectivity index (χ2v) is 7.45. The Morgan fingerprint density at radius 2 is 2.04 bits per heavy atom. The number of nitrogens with zero attached hydrogens (tertiary/aromatic N) is 6. The van der Waals surface area contributed by atoms with Gasteiger partial charge in [0.2, 0.25) is 11.8 Å². The standard InChI is InChI=1S/C18H22N6O4/c1-12-15(7-20-28-12)17(27)22-5-4-18(10-22)11-23(14-6-19-21(3)8-14)16(26)9-24(18)13(2)25/h6-8H,4-5,9-11H2,1-3H3. The summed E-state index contributed by atoms with van der Waals surface area (Å²) in [6, 6.07) is 0. The molecular formula is C18H22N6O4. The van der Waals surface area contributed by atoms with Crippen LogP contribution in [0.5, 0.6) is 0 Å². The van der Waals surface area contributed by atoms with Crippen molar-refractivity contribution in [1.82, 2.24) is 24.7 Å². The van der Waals surface area contributed by atoms with Crippen molar-refractivity contribution < 1.29 is 18.9 Å². The fraction of sp³-hybridized carbons (Fsp3) is 0.500. The highest BCUT2D eigenvalue weighted by Crippen LogP contribution is 2.35. The predicted molar refractivity (Wildman–Crippen MR) is 97.4 cm³/mol. The third-order valence-electron chi connectivity index (χ3n) is 5.60. The van der Waals surface area contributed by atoms with Crippen molar-refractivity contribution in [3.63, 3.8) is 0 Å². The largest absolute Gasteiger partial charge is 0.361 e. The quantitative estimate of drug-likeness (QED) is 0.730. The molecule has 3 amide bonds. The normalized spacial score (nSPS) is 22.4. The molecule has 1 unspecified atom stereocenters. The van der Waals surface area contributed by atoms with Crippen molar-refractivity contribution in [3.05, 3.63) is 29.9 Å². The van der Waals surface area contributed by atoms with Gasteiger partial charge in [-0.1, -0.05) is 5.16 Å². The molecule has 2 aromatic rings. The number of rotatable bonds is 2. The zero-order chi connectivity index (χ0) is 20.1. The molecule has 1 atom stereocenters. The summed E-state index contributed by atoms with van der Waals surface area (Å²) in [5, 5.41) is 7.82. The fourth-order valence-electron chi connectivity index (χ4n) is 4.14. The molecule has 0 N–H and O–H groups in total. The average molecular weight is 386 g/mol. The van der Waals surface area contributed by atoms with Gasteiger partial charge in [0, 0.05) is 33.3 Å². The molecule has 148 valence electrons. The Bertz CT molecular complexity index is 950. The maximum Gasteiger partial charge on any atom is 0.259 e. The van der Waals surface area contributed by atoms with Gasteiger partial charge in [-0.25, -0.2) is 0 Å². The summed E-state index contributed by atoms with van der Waals surface area (Å²) in [4.78, 5) is 42.9. The van der Waals surface area contributed by atoms with Crippen molar-refractivity contribution in [2.45, 2.75) is 25.8 Å². The zero-order valence-electron chi connectivity index (χ0n) is 16.1. The van der Waals surface area contributed by atoms with Gasteiger partial charge in [-0.3, -0.25) is 19.1 Å². The molecule has 2 aliphatic rings. The lowest BCUT2D eigenvalue weighted by atomic mass is 9.92. The van der Waals surface area contributed by atoms with Gasteiger partial charge < -0.3 is 19.2 Å². The van der Waals surface area contributed by atoms with Crippen LogP contribution in [0.25, 0.3) is 0 Å². The summed E-state index contributed by atoms with van der Waals surface area (Å²) in [7, 11) is 1.78. The second-order valence-electron chi connectivity index (χ2n) is 7.45. The summed E-state index contributed by atoms with van der Waals surface area (Å²) in [5.74, 6) is -0.0442. The SMILES string of the molecule is CC(=O)N1CC(=O)N(c2cnn(C)c2)CC12CCN(C(=O)c1cnoc1C)C2. The molecule has 10 nitrogen and oxygen atoms in total. The molecule has 0 aliphatic carbocycles. The van der Waals surface area contributed by atoms with Gasteiger partial charge in [-0.15, -0.1) is 0 Å². The Balaban J connectivity index is 1.63. The van der Waals surface area contributed by atoms with Crippen LogP contribution >= 0.6 is 0 Å². The molecule has 28 heavy (non-hydrogen) atoms.